The number of halogens is 4. The van der Waals surface area contributed by atoms with Crippen molar-refractivity contribution in [2.75, 3.05) is 13.1 Å². The van der Waals surface area contributed by atoms with Crippen molar-refractivity contribution in [3.8, 4) is 0 Å². The van der Waals surface area contributed by atoms with E-state index in [1.54, 1.807) is 6.92 Å². The molecule has 2 rings (SSSR count). The van der Waals surface area contributed by atoms with Crippen LogP contribution >= 0.6 is 15.9 Å². The summed E-state index contributed by atoms with van der Waals surface area (Å²) in [6, 6.07) is 7.06. The average molecular weight is 393 g/mol. The highest BCUT2D eigenvalue weighted by atomic mass is 79.9. The summed E-state index contributed by atoms with van der Waals surface area (Å²) in [5.74, 6) is -1.79. The zero-order chi connectivity index (χ0) is 17.2. The molecule has 2 amide bonds. The molecule has 2 atom stereocenters. The lowest BCUT2D eigenvalue weighted by molar-refractivity contribution is -0.157. The van der Waals surface area contributed by atoms with Crippen molar-refractivity contribution in [3.63, 3.8) is 0 Å². The third kappa shape index (κ3) is 4.95. The molecule has 4 nitrogen and oxygen atoms in total. The molecule has 0 radical (unpaired) electrons. The van der Waals surface area contributed by atoms with Gasteiger partial charge in [-0.15, -0.1) is 0 Å². The first kappa shape index (κ1) is 17.8. The summed E-state index contributed by atoms with van der Waals surface area (Å²) < 4.78 is 38.0. The van der Waals surface area contributed by atoms with E-state index in [9.17, 15) is 22.8 Å². The van der Waals surface area contributed by atoms with Crippen LogP contribution in [0, 0.1) is 5.92 Å². The van der Waals surface area contributed by atoms with E-state index >= 15 is 0 Å². The third-order valence-electron chi connectivity index (χ3n) is 3.68. The zero-order valence-corrected chi connectivity index (χ0v) is 13.9. The van der Waals surface area contributed by atoms with E-state index in [-0.39, 0.29) is 19.0 Å². The van der Waals surface area contributed by atoms with Crippen LogP contribution in [0.5, 0.6) is 0 Å². The van der Waals surface area contributed by atoms with Crippen LogP contribution in [0.25, 0.3) is 0 Å². The molecule has 1 heterocycles. The average Bonchev–Trinajstić information content (AvgIpc) is 2.79. The third-order valence-corrected chi connectivity index (χ3v) is 4.21. The largest absolute Gasteiger partial charge is 0.406 e. The molecule has 1 aliphatic rings. The number of hydrogen-bond donors (Lipinski definition) is 1. The maximum atomic E-state index is 12.4. The minimum absolute atomic E-state index is 0.186. The lowest BCUT2D eigenvalue weighted by Crippen LogP contribution is -2.37. The molecule has 1 aliphatic heterocycles. The number of amides is 2. The Morgan fingerprint density at radius 2 is 2.00 bits per heavy atom. The fourth-order valence-corrected chi connectivity index (χ4v) is 2.75. The van der Waals surface area contributed by atoms with Gasteiger partial charge in [0.1, 0.15) is 6.54 Å². The molecule has 1 fully saturated rings. The van der Waals surface area contributed by atoms with E-state index in [1.807, 2.05) is 24.3 Å². The van der Waals surface area contributed by atoms with E-state index in [4.69, 9.17) is 0 Å². The van der Waals surface area contributed by atoms with Gasteiger partial charge in [0.15, 0.2) is 0 Å². The number of benzene rings is 1. The van der Waals surface area contributed by atoms with Crippen LogP contribution in [0.3, 0.4) is 0 Å². The standard InChI is InChI=1S/C15H16BrF3N2O2/c1-9(10-2-4-12(16)5-3-10)20-14(23)11-6-13(22)21(7-11)8-15(17,18)19/h2-5,9,11H,6-8H2,1H3,(H,20,23)/t9-,11+/m0/s1. The van der Waals surface area contributed by atoms with Crippen LogP contribution in [0.15, 0.2) is 28.7 Å². The summed E-state index contributed by atoms with van der Waals surface area (Å²) in [6.45, 7) is 0.278. The predicted molar refractivity (Wildman–Crippen MR) is 81.4 cm³/mol. The van der Waals surface area contributed by atoms with Crippen LogP contribution in [0.2, 0.25) is 0 Å². The number of alkyl halides is 3. The maximum absolute atomic E-state index is 12.4. The van der Waals surface area contributed by atoms with Crippen molar-refractivity contribution >= 4 is 27.7 Å². The minimum Gasteiger partial charge on any atom is -0.349 e. The van der Waals surface area contributed by atoms with Crippen molar-refractivity contribution in [1.82, 2.24) is 10.2 Å². The predicted octanol–water partition coefficient (Wildman–Crippen LogP) is 3.04. The van der Waals surface area contributed by atoms with Gasteiger partial charge in [-0.2, -0.15) is 13.2 Å². The highest BCUT2D eigenvalue weighted by molar-refractivity contribution is 9.10. The van der Waals surface area contributed by atoms with Crippen LogP contribution in [-0.2, 0) is 9.59 Å². The second-order valence-electron chi connectivity index (χ2n) is 5.57. The molecule has 0 bridgehead atoms. The van der Waals surface area contributed by atoms with Gasteiger partial charge in [0, 0.05) is 17.4 Å². The molecule has 1 saturated heterocycles. The second kappa shape index (κ2) is 6.90. The molecule has 23 heavy (non-hydrogen) atoms. The van der Waals surface area contributed by atoms with Gasteiger partial charge in [-0.25, -0.2) is 0 Å². The maximum Gasteiger partial charge on any atom is 0.406 e. The Kier molecular flexibility index (Phi) is 5.33. The van der Waals surface area contributed by atoms with Gasteiger partial charge < -0.3 is 10.2 Å². The van der Waals surface area contributed by atoms with Crippen molar-refractivity contribution in [2.45, 2.75) is 25.6 Å². The molecule has 126 valence electrons. The highest BCUT2D eigenvalue weighted by Gasteiger charge is 2.40. The summed E-state index contributed by atoms with van der Waals surface area (Å²) in [4.78, 5) is 24.5. The van der Waals surface area contributed by atoms with Gasteiger partial charge in [-0.1, -0.05) is 28.1 Å². The first-order valence-corrected chi connectivity index (χ1v) is 7.85. The van der Waals surface area contributed by atoms with Gasteiger partial charge in [0.25, 0.3) is 0 Å². The van der Waals surface area contributed by atoms with Crippen LogP contribution in [0.4, 0.5) is 13.2 Å². The van der Waals surface area contributed by atoms with Gasteiger partial charge in [-0.3, -0.25) is 9.59 Å². The normalized spacial score (nSPS) is 19.8. The molecule has 0 aromatic heterocycles. The minimum atomic E-state index is -4.45. The molecule has 0 spiro atoms. The molecule has 0 saturated carbocycles. The summed E-state index contributed by atoms with van der Waals surface area (Å²) in [7, 11) is 0. The van der Waals surface area contributed by atoms with Gasteiger partial charge >= 0.3 is 6.18 Å². The number of nitrogens with one attached hydrogen (secondary N) is 1. The fourth-order valence-electron chi connectivity index (χ4n) is 2.48. The summed E-state index contributed by atoms with van der Waals surface area (Å²) in [5, 5.41) is 2.75. The number of rotatable bonds is 4. The SMILES string of the molecule is C[C@H](NC(=O)[C@@H]1CC(=O)N(CC(F)(F)F)C1)c1ccc(Br)cc1. The first-order valence-electron chi connectivity index (χ1n) is 7.06. The Bertz CT molecular complexity index is 589. The number of carbonyl (C=O) groups excluding carboxylic acids is 2. The molecular weight excluding hydrogens is 377 g/mol. The molecule has 1 N–H and O–H groups in total. The van der Waals surface area contributed by atoms with Crippen molar-refractivity contribution in [3.05, 3.63) is 34.3 Å². The lowest BCUT2D eigenvalue weighted by atomic mass is 10.1. The van der Waals surface area contributed by atoms with Crippen molar-refractivity contribution < 1.29 is 22.8 Å². The van der Waals surface area contributed by atoms with Crippen LogP contribution in [0.1, 0.15) is 24.9 Å². The molecule has 1 aromatic carbocycles. The zero-order valence-electron chi connectivity index (χ0n) is 12.4. The Morgan fingerprint density at radius 3 is 2.57 bits per heavy atom. The number of nitrogens with zero attached hydrogens (tertiary/aromatic N) is 1. The first-order chi connectivity index (χ1) is 10.7. The van der Waals surface area contributed by atoms with Gasteiger partial charge in [0.05, 0.1) is 12.0 Å². The van der Waals surface area contributed by atoms with E-state index in [0.717, 1.165) is 10.0 Å². The number of hydrogen-bond acceptors (Lipinski definition) is 2. The highest BCUT2D eigenvalue weighted by Crippen LogP contribution is 2.25. The van der Waals surface area contributed by atoms with Crippen molar-refractivity contribution in [1.29, 1.82) is 0 Å². The van der Waals surface area contributed by atoms with E-state index in [1.165, 1.54) is 0 Å². The van der Waals surface area contributed by atoms with Crippen LogP contribution in [-0.4, -0.2) is 36.0 Å². The number of likely N-dealkylation sites (tertiary alicyclic amines) is 1. The summed E-state index contributed by atoms with van der Waals surface area (Å²) in [6.07, 6.45) is -4.64. The molecule has 8 heteroatoms. The Balaban J connectivity index is 1.93. The van der Waals surface area contributed by atoms with E-state index in [2.05, 4.69) is 21.2 Å². The van der Waals surface area contributed by atoms with Gasteiger partial charge in [-0.05, 0) is 24.6 Å². The summed E-state index contributed by atoms with van der Waals surface area (Å²) in [5.41, 5.74) is 0.873. The molecule has 1 aromatic rings. The Morgan fingerprint density at radius 1 is 1.39 bits per heavy atom. The Hall–Kier alpha value is -1.57. The fraction of sp³-hybridized carbons (Fsp3) is 0.467. The second-order valence-corrected chi connectivity index (χ2v) is 6.49. The quantitative estimate of drug-likeness (QED) is 0.855. The number of carbonyl (C=O) groups is 2. The van der Waals surface area contributed by atoms with Gasteiger partial charge in [0.2, 0.25) is 11.8 Å². The van der Waals surface area contributed by atoms with Crippen molar-refractivity contribution in [2.24, 2.45) is 5.92 Å². The molecule has 0 aliphatic carbocycles. The van der Waals surface area contributed by atoms with E-state index < -0.39 is 30.5 Å². The molecule has 0 unspecified atom stereocenters. The monoisotopic (exact) mass is 392 g/mol. The topological polar surface area (TPSA) is 49.4 Å². The lowest BCUT2D eigenvalue weighted by Gasteiger charge is -2.19. The smallest absolute Gasteiger partial charge is 0.349 e. The summed E-state index contributed by atoms with van der Waals surface area (Å²) >= 11 is 3.31. The van der Waals surface area contributed by atoms with Crippen LogP contribution < -0.4 is 5.32 Å². The van der Waals surface area contributed by atoms with E-state index in [0.29, 0.717) is 4.90 Å². The molecular formula is C15H16BrF3N2O2. The Labute approximate surface area is 140 Å².